The lowest BCUT2D eigenvalue weighted by atomic mass is 9.93. The third kappa shape index (κ3) is 2.16. The summed E-state index contributed by atoms with van der Waals surface area (Å²) in [6, 6.07) is 2.98. The zero-order valence-electron chi connectivity index (χ0n) is 10.1. The van der Waals surface area contributed by atoms with Crippen LogP contribution in [0, 0.1) is 11.6 Å². The largest absolute Gasteiger partial charge is 0.419 e. The van der Waals surface area contributed by atoms with E-state index in [1.54, 1.807) is 0 Å². The summed E-state index contributed by atoms with van der Waals surface area (Å²) in [4.78, 5) is 24.9. The van der Waals surface area contributed by atoms with Gasteiger partial charge in [0, 0.05) is 6.07 Å². The Morgan fingerprint density at radius 3 is 2.55 bits per heavy atom. The van der Waals surface area contributed by atoms with Crippen LogP contribution in [0.15, 0.2) is 32.2 Å². The summed E-state index contributed by atoms with van der Waals surface area (Å²) in [5, 5.41) is 0. The van der Waals surface area contributed by atoms with E-state index >= 15 is 0 Å². The molecule has 0 bridgehead atoms. The van der Waals surface area contributed by atoms with Gasteiger partial charge in [0.15, 0.2) is 0 Å². The van der Waals surface area contributed by atoms with Gasteiger partial charge in [0.2, 0.25) is 0 Å². The number of benzene rings is 1. The van der Waals surface area contributed by atoms with Gasteiger partial charge in [0.25, 0.3) is 5.56 Å². The zero-order chi connectivity index (χ0) is 14.3. The molecule has 0 aliphatic carbocycles. The van der Waals surface area contributed by atoms with Gasteiger partial charge in [0.1, 0.15) is 17.4 Å². The van der Waals surface area contributed by atoms with Crippen molar-refractivity contribution in [2.45, 2.75) is 12.5 Å². The van der Waals surface area contributed by atoms with Crippen LogP contribution in [0.3, 0.4) is 0 Å². The highest BCUT2D eigenvalue weighted by molar-refractivity contribution is 5.32. The van der Waals surface area contributed by atoms with Crippen molar-refractivity contribution in [3.05, 3.63) is 67.6 Å². The van der Waals surface area contributed by atoms with E-state index < -0.39 is 28.9 Å². The number of H-pyrrole nitrogens is 1. The van der Waals surface area contributed by atoms with Crippen LogP contribution in [-0.4, -0.2) is 11.6 Å². The van der Waals surface area contributed by atoms with Gasteiger partial charge < -0.3 is 9.15 Å². The van der Waals surface area contributed by atoms with Crippen molar-refractivity contribution in [2.24, 2.45) is 0 Å². The summed E-state index contributed by atoms with van der Waals surface area (Å²) in [6.07, 6.45) is 0. The van der Waals surface area contributed by atoms with Crippen molar-refractivity contribution in [1.82, 2.24) is 4.98 Å². The number of hydrogen-bond acceptors (Lipinski definition) is 4. The summed E-state index contributed by atoms with van der Waals surface area (Å²) in [5.41, 5.74) is -0.208. The van der Waals surface area contributed by atoms with Crippen molar-refractivity contribution >= 4 is 0 Å². The van der Waals surface area contributed by atoms with Crippen molar-refractivity contribution in [3.8, 4) is 0 Å². The topological polar surface area (TPSA) is 72.3 Å². The van der Waals surface area contributed by atoms with E-state index in [0.717, 1.165) is 18.2 Å². The highest BCUT2D eigenvalue weighted by Gasteiger charge is 2.28. The average Bonchev–Trinajstić information content (AvgIpc) is 2.36. The van der Waals surface area contributed by atoms with Crippen LogP contribution in [-0.2, 0) is 11.3 Å². The molecule has 1 aliphatic rings. The molecule has 0 amide bonds. The zero-order valence-corrected chi connectivity index (χ0v) is 10.1. The van der Waals surface area contributed by atoms with E-state index in [2.05, 4.69) is 0 Å². The molecule has 104 valence electrons. The molecule has 3 rings (SSSR count). The predicted molar refractivity (Wildman–Crippen MR) is 63.5 cm³/mol. The number of halogens is 2. The molecule has 0 saturated heterocycles. The van der Waals surface area contributed by atoms with E-state index in [1.807, 2.05) is 4.98 Å². The quantitative estimate of drug-likeness (QED) is 0.854. The fourth-order valence-corrected chi connectivity index (χ4v) is 2.26. The molecule has 7 heteroatoms. The fourth-order valence-electron chi connectivity index (χ4n) is 2.26. The minimum absolute atomic E-state index is 0.0112. The first-order valence-electron chi connectivity index (χ1n) is 5.84. The van der Waals surface area contributed by atoms with E-state index in [-0.39, 0.29) is 30.1 Å². The van der Waals surface area contributed by atoms with Gasteiger partial charge in [-0.25, -0.2) is 13.6 Å². The van der Waals surface area contributed by atoms with E-state index in [1.165, 1.54) is 0 Å². The SMILES string of the molecule is O=c1[nH]c(=O)c2c(o1)C(c1cc(F)cc(F)c1)COC2. The van der Waals surface area contributed by atoms with E-state index in [4.69, 9.17) is 9.15 Å². The summed E-state index contributed by atoms with van der Waals surface area (Å²) in [7, 11) is 0. The summed E-state index contributed by atoms with van der Waals surface area (Å²) in [5.74, 6) is -3.01. The van der Waals surface area contributed by atoms with Crippen LogP contribution in [0.5, 0.6) is 0 Å². The Morgan fingerprint density at radius 2 is 1.85 bits per heavy atom. The fraction of sp³-hybridized carbons (Fsp3) is 0.231. The Hall–Kier alpha value is -2.28. The second kappa shape index (κ2) is 4.68. The van der Waals surface area contributed by atoms with Crippen LogP contribution in [0.2, 0.25) is 0 Å². The maximum atomic E-state index is 13.3. The number of ether oxygens (including phenoxy) is 1. The minimum Gasteiger partial charge on any atom is -0.413 e. The molecule has 0 fully saturated rings. The Labute approximate surface area is 110 Å². The molecule has 5 nitrogen and oxygen atoms in total. The molecule has 1 aromatic carbocycles. The number of aromatic amines is 1. The van der Waals surface area contributed by atoms with Gasteiger partial charge >= 0.3 is 5.76 Å². The Balaban J connectivity index is 2.19. The number of fused-ring (bicyclic) bond motifs is 1. The standard InChI is InChI=1S/C13H9F2NO4/c14-7-1-6(2-8(15)3-7)9-4-19-5-10-11(9)20-13(18)16-12(10)17/h1-3,9H,4-5H2,(H,16,17,18). The van der Waals surface area contributed by atoms with Crippen LogP contribution >= 0.6 is 0 Å². The third-order valence-corrected chi connectivity index (χ3v) is 3.12. The minimum atomic E-state index is -0.905. The third-order valence-electron chi connectivity index (χ3n) is 3.12. The van der Waals surface area contributed by atoms with E-state index in [9.17, 15) is 18.4 Å². The Morgan fingerprint density at radius 1 is 1.15 bits per heavy atom. The number of hydrogen-bond donors (Lipinski definition) is 1. The summed E-state index contributed by atoms with van der Waals surface area (Å²) < 4.78 is 36.8. The average molecular weight is 281 g/mol. The van der Waals surface area contributed by atoms with Crippen molar-refractivity contribution < 1.29 is 17.9 Å². The van der Waals surface area contributed by atoms with Gasteiger partial charge in [0.05, 0.1) is 24.7 Å². The first-order chi connectivity index (χ1) is 9.54. The maximum Gasteiger partial charge on any atom is 0.419 e. The molecule has 1 N–H and O–H groups in total. The van der Waals surface area contributed by atoms with E-state index in [0.29, 0.717) is 0 Å². The number of rotatable bonds is 1. The lowest BCUT2D eigenvalue weighted by Crippen LogP contribution is -2.30. The first-order valence-corrected chi connectivity index (χ1v) is 5.84. The molecule has 0 saturated carbocycles. The summed E-state index contributed by atoms with van der Waals surface area (Å²) >= 11 is 0. The maximum absolute atomic E-state index is 13.3. The molecular weight excluding hydrogens is 272 g/mol. The monoisotopic (exact) mass is 281 g/mol. The molecule has 1 aliphatic heterocycles. The van der Waals surface area contributed by atoms with Gasteiger partial charge in [-0.05, 0) is 17.7 Å². The number of nitrogens with one attached hydrogen (secondary N) is 1. The van der Waals surface area contributed by atoms with Gasteiger partial charge in [-0.3, -0.25) is 9.78 Å². The van der Waals surface area contributed by atoms with Crippen molar-refractivity contribution in [1.29, 1.82) is 0 Å². The molecule has 20 heavy (non-hydrogen) atoms. The molecular formula is C13H9F2NO4. The molecule has 2 heterocycles. The van der Waals surface area contributed by atoms with Crippen LogP contribution < -0.4 is 11.3 Å². The van der Waals surface area contributed by atoms with Crippen molar-refractivity contribution in [3.63, 3.8) is 0 Å². The smallest absolute Gasteiger partial charge is 0.413 e. The first kappa shape index (κ1) is 12.7. The second-order valence-electron chi connectivity index (χ2n) is 4.46. The van der Waals surface area contributed by atoms with Gasteiger partial charge in [-0.1, -0.05) is 0 Å². The highest BCUT2D eigenvalue weighted by atomic mass is 19.1. The normalized spacial score (nSPS) is 17.8. The molecule has 1 unspecified atom stereocenters. The summed E-state index contributed by atoms with van der Waals surface area (Å²) in [6.45, 7) is 0.0605. The lowest BCUT2D eigenvalue weighted by Gasteiger charge is -2.23. The van der Waals surface area contributed by atoms with Gasteiger partial charge in [-0.2, -0.15) is 0 Å². The van der Waals surface area contributed by atoms with Crippen LogP contribution in [0.25, 0.3) is 0 Å². The molecule has 1 aromatic heterocycles. The predicted octanol–water partition coefficient (Wildman–Crippen LogP) is 1.27. The molecule has 0 radical (unpaired) electrons. The number of aromatic nitrogens is 1. The van der Waals surface area contributed by atoms with Crippen molar-refractivity contribution in [2.75, 3.05) is 6.61 Å². The van der Waals surface area contributed by atoms with Crippen LogP contribution in [0.1, 0.15) is 22.8 Å². The van der Waals surface area contributed by atoms with Gasteiger partial charge in [-0.15, -0.1) is 0 Å². The molecule has 1 atom stereocenters. The van der Waals surface area contributed by atoms with Crippen LogP contribution in [0.4, 0.5) is 8.78 Å². The lowest BCUT2D eigenvalue weighted by molar-refractivity contribution is 0.0852. The molecule has 2 aromatic rings. The highest BCUT2D eigenvalue weighted by Crippen LogP contribution is 2.30. The second-order valence-corrected chi connectivity index (χ2v) is 4.46. The Kier molecular flexibility index (Phi) is 2.98. The molecule has 0 spiro atoms. The Bertz CT molecular complexity index is 760.